The summed E-state index contributed by atoms with van der Waals surface area (Å²) in [5.41, 5.74) is 1.53. The van der Waals surface area contributed by atoms with E-state index in [-0.39, 0.29) is 5.41 Å². The predicted molar refractivity (Wildman–Crippen MR) is 122 cm³/mol. The molecule has 0 fully saturated rings. The molecule has 0 saturated carbocycles. The fraction of sp³-hybridized carbons (Fsp3) is 0.684. The summed E-state index contributed by atoms with van der Waals surface area (Å²) in [5, 5.41) is 0. The van der Waals surface area contributed by atoms with Crippen LogP contribution in [0.5, 0.6) is 0 Å². The molecule has 144 valence electrons. The highest BCUT2D eigenvalue weighted by Crippen LogP contribution is 2.24. The van der Waals surface area contributed by atoms with Crippen molar-refractivity contribution >= 4 is 24.7 Å². The standard InChI is InChI=1S/C19H41N3Si3/c1-23(2,3)20-15-19(16-21-24(4,5)6,17-22-25(7,8)9)18-13-11-10-12-14-18/h10-14,20-22H,15-17H2,1-9H3. The molecule has 0 aliphatic rings. The average Bonchev–Trinajstić information content (AvgIpc) is 2.45. The summed E-state index contributed by atoms with van der Waals surface area (Å²) in [5.74, 6) is 0. The van der Waals surface area contributed by atoms with Crippen molar-refractivity contribution in [1.29, 1.82) is 0 Å². The van der Waals surface area contributed by atoms with Crippen LogP contribution in [0.2, 0.25) is 58.9 Å². The van der Waals surface area contributed by atoms with E-state index in [1.54, 1.807) is 0 Å². The first-order valence-corrected chi connectivity index (χ1v) is 20.0. The lowest BCUT2D eigenvalue weighted by Gasteiger charge is -2.41. The monoisotopic (exact) mass is 395 g/mol. The predicted octanol–water partition coefficient (Wildman–Crippen LogP) is 4.20. The van der Waals surface area contributed by atoms with Crippen LogP contribution in [0, 0.1) is 0 Å². The molecular formula is C19H41N3Si3. The van der Waals surface area contributed by atoms with Gasteiger partial charge in [-0.1, -0.05) is 89.3 Å². The molecule has 3 N–H and O–H groups in total. The lowest BCUT2D eigenvalue weighted by atomic mass is 9.80. The quantitative estimate of drug-likeness (QED) is 0.520. The molecule has 0 unspecified atom stereocenters. The topological polar surface area (TPSA) is 36.1 Å². The van der Waals surface area contributed by atoms with Gasteiger partial charge in [0.1, 0.15) is 24.7 Å². The van der Waals surface area contributed by atoms with Crippen LogP contribution < -0.4 is 14.9 Å². The van der Waals surface area contributed by atoms with E-state index in [1.807, 2.05) is 0 Å². The summed E-state index contributed by atoms with van der Waals surface area (Å²) in [6, 6.07) is 11.1. The van der Waals surface area contributed by atoms with Crippen molar-refractivity contribution in [2.45, 2.75) is 64.3 Å². The Morgan fingerprint density at radius 3 is 1.20 bits per heavy atom. The Morgan fingerprint density at radius 2 is 0.920 bits per heavy atom. The maximum Gasteiger partial charge on any atom is 0.116 e. The largest absolute Gasteiger partial charge is 0.337 e. The zero-order valence-electron chi connectivity index (χ0n) is 18.0. The minimum absolute atomic E-state index is 0.0854. The zero-order chi connectivity index (χ0) is 19.4. The van der Waals surface area contributed by atoms with E-state index in [0.717, 1.165) is 19.6 Å². The third kappa shape index (κ3) is 9.30. The molecule has 1 aromatic rings. The summed E-state index contributed by atoms with van der Waals surface area (Å²) >= 11 is 0. The molecule has 1 aromatic carbocycles. The molecular weight excluding hydrogens is 354 g/mol. The molecule has 0 heterocycles. The first-order valence-electron chi connectivity index (χ1n) is 9.53. The minimum Gasteiger partial charge on any atom is -0.337 e. The molecule has 0 spiro atoms. The molecule has 25 heavy (non-hydrogen) atoms. The second-order valence-corrected chi connectivity index (χ2v) is 25.0. The van der Waals surface area contributed by atoms with Gasteiger partial charge >= 0.3 is 0 Å². The van der Waals surface area contributed by atoms with Gasteiger partial charge in [0.2, 0.25) is 0 Å². The first-order chi connectivity index (χ1) is 11.2. The van der Waals surface area contributed by atoms with Crippen LogP contribution in [0.1, 0.15) is 5.56 Å². The summed E-state index contributed by atoms with van der Waals surface area (Å²) in [6.07, 6.45) is 0. The molecule has 3 nitrogen and oxygen atoms in total. The van der Waals surface area contributed by atoms with E-state index in [1.165, 1.54) is 5.56 Å². The summed E-state index contributed by atoms with van der Waals surface area (Å²) < 4.78 is 0. The van der Waals surface area contributed by atoms with Crippen molar-refractivity contribution in [3.8, 4) is 0 Å². The molecule has 0 saturated heterocycles. The van der Waals surface area contributed by atoms with Crippen LogP contribution >= 0.6 is 0 Å². The van der Waals surface area contributed by atoms with Crippen LogP contribution in [0.4, 0.5) is 0 Å². The molecule has 1 rings (SSSR count). The molecule has 6 heteroatoms. The van der Waals surface area contributed by atoms with Gasteiger partial charge in [-0.25, -0.2) is 0 Å². The van der Waals surface area contributed by atoms with Gasteiger partial charge in [-0.15, -0.1) is 0 Å². The van der Waals surface area contributed by atoms with Crippen molar-refractivity contribution in [2.24, 2.45) is 0 Å². The molecule has 0 aromatic heterocycles. The van der Waals surface area contributed by atoms with Crippen LogP contribution in [0.25, 0.3) is 0 Å². The highest BCUT2D eigenvalue weighted by Gasteiger charge is 2.35. The van der Waals surface area contributed by atoms with Gasteiger partial charge in [0.05, 0.1) is 0 Å². The summed E-state index contributed by atoms with van der Waals surface area (Å²) in [6.45, 7) is 24.6. The molecule has 0 atom stereocenters. The van der Waals surface area contributed by atoms with E-state index in [9.17, 15) is 0 Å². The first kappa shape index (κ1) is 22.8. The second-order valence-electron chi connectivity index (χ2n) is 10.5. The lowest BCUT2D eigenvalue weighted by molar-refractivity contribution is 0.411. The van der Waals surface area contributed by atoms with Crippen LogP contribution in [0.3, 0.4) is 0 Å². The van der Waals surface area contributed by atoms with Gasteiger partial charge in [-0.2, -0.15) is 0 Å². The van der Waals surface area contributed by atoms with Gasteiger partial charge in [0, 0.05) is 25.0 Å². The van der Waals surface area contributed by atoms with Gasteiger partial charge < -0.3 is 14.9 Å². The number of benzene rings is 1. The smallest absolute Gasteiger partial charge is 0.116 e. The van der Waals surface area contributed by atoms with Crippen molar-refractivity contribution in [3.63, 3.8) is 0 Å². The molecule has 0 aliphatic heterocycles. The minimum atomic E-state index is -1.33. The summed E-state index contributed by atoms with van der Waals surface area (Å²) in [4.78, 5) is 11.8. The van der Waals surface area contributed by atoms with Crippen LogP contribution in [-0.2, 0) is 5.41 Å². The number of rotatable bonds is 10. The molecule has 0 amide bonds. The van der Waals surface area contributed by atoms with E-state index in [2.05, 4.69) is 104 Å². The maximum absolute atomic E-state index is 3.92. The van der Waals surface area contributed by atoms with Crippen LogP contribution in [0.15, 0.2) is 30.3 Å². The van der Waals surface area contributed by atoms with Gasteiger partial charge in [0.25, 0.3) is 0 Å². The Balaban J connectivity index is 3.19. The Labute approximate surface area is 159 Å². The fourth-order valence-electron chi connectivity index (χ4n) is 2.59. The SMILES string of the molecule is C[Si](C)(C)NCC(CN[Si](C)(C)C)(CN[Si](C)(C)C)c1ccccc1. The van der Waals surface area contributed by atoms with E-state index in [4.69, 9.17) is 0 Å². The average molecular weight is 396 g/mol. The lowest BCUT2D eigenvalue weighted by Crippen LogP contribution is -2.61. The van der Waals surface area contributed by atoms with E-state index < -0.39 is 24.7 Å². The maximum atomic E-state index is 3.92. The Bertz CT molecular complexity index is 468. The van der Waals surface area contributed by atoms with Gasteiger partial charge in [0.15, 0.2) is 0 Å². The highest BCUT2D eigenvalue weighted by atomic mass is 28.3. The number of nitrogens with one attached hydrogen (secondary N) is 3. The normalized spacial score (nSPS) is 14.0. The Kier molecular flexibility index (Phi) is 7.86. The Hall–Kier alpha value is -0.249. The van der Waals surface area contributed by atoms with Crippen LogP contribution in [-0.4, -0.2) is 44.3 Å². The third-order valence-corrected chi connectivity index (χ3v) is 7.97. The van der Waals surface area contributed by atoms with Gasteiger partial charge in [-0.05, 0) is 5.56 Å². The van der Waals surface area contributed by atoms with E-state index in [0.29, 0.717) is 0 Å². The molecule has 0 aliphatic carbocycles. The van der Waals surface area contributed by atoms with Crippen molar-refractivity contribution in [1.82, 2.24) is 14.9 Å². The van der Waals surface area contributed by atoms with E-state index >= 15 is 0 Å². The molecule has 0 radical (unpaired) electrons. The van der Waals surface area contributed by atoms with Crippen molar-refractivity contribution in [3.05, 3.63) is 35.9 Å². The number of hydrogen-bond donors (Lipinski definition) is 3. The van der Waals surface area contributed by atoms with Gasteiger partial charge in [-0.3, -0.25) is 0 Å². The highest BCUT2D eigenvalue weighted by molar-refractivity contribution is 6.74. The zero-order valence-corrected chi connectivity index (χ0v) is 21.0. The fourth-order valence-corrected chi connectivity index (χ4v) is 5.19. The number of hydrogen-bond acceptors (Lipinski definition) is 3. The molecule has 0 bridgehead atoms. The Morgan fingerprint density at radius 1 is 0.600 bits per heavy atom. The third-order valence-electron chi connectivity index (χ3n) is 4.26. The van der Waals surface area contributed by atoms with Crippen molar-refractivity contribution in [2.75, 3.05) is 19.6 Å². The summed E-state index contributed by atoms with van der Waals surface area (Å²) in [7, 11) is -4.00. The van der Waals surface area contributed by atoms with Crippen molar-refractivity contribution < 1.29 is 0 Å². The second kappa shape index (κ2) is 8.63.